The van der Waals surface area contributed by atoms with Gasteiger partial charge in [-0.15, -0.1) is 24.8 Å². The largest absolute Gasteiger partial charge is 0.392 e. The molecule has 1 aromatic rings. The number of carbonyl (C=O) groups excluding carboxylic acids is 1. The normalized spacial score (nSPS) is 23.5. The molecule has 2 fully saturated rings. The van der Waals surface area contributed by atoms with Crippen LogP contribution in [0, 0.1) is 0 Å². The molecule has 2 heterocycles. The average Bonchev–Trinajstić information content (AvgIpc) is 3.07. The topological polar surface area (TPSA) is 102 Å². The fourth-order valence-electron chi connectivity index (χ4n) is 3.29. The van der Waals surface area contributed by atoms with E-state index in [1.807, 2.05) is 7.05 Å². The lowest BCUT2D eigenvalue weighted by atomic mass is 10.2. The molecule has 3 N–H and O–H groups in total. The Hall–Kier alpha value is -0.940. The number of piperazine rings is 1. The zero-order valence-corrected chi connectivity index (χ0v) is 18.2. The van der Waals surface area contributed by atoms with Gasteiger partial charge in [0, 0.05) is 39.3 Å². The van der Waals surface area contributed by atoms with Crippen LogP contribution in [0.1, 0.15) is 12.0 Å². The third kappa shape index (κ3) is 5.79. The van der Waals surface area contributed by atoms with Crippen molar-refractivity contribution in [1.29, 1.82) is 0 Å². The predicted octanol–water partition coefficient (Wildman–Crippen LogP) is -0.195. The molecule has 0 bridgehead atoms. The van der Waals surface area contributed by atoms with E-state index in [0.717, 1.165) is 0 Å². The number of rotatable bonds is 5. The maximum absolute atomic E-state index is 13.0. The van der Waals surface area contributed by atoms with Crippen LogP contribution in [0.4, 0.5) is 0 Å². The molecular formula is C17H28Cl2N4O4S. The van der Waals surface area contributed by atoms with Gasteiger partial charge in [0.2, 0.25) is 15.9 Å². The van der Waals surface area contributed by atoms with Gasteiger partial charge in [-0.05, 0) is 25.1 Å². The van der Waals surface area contributed by atoms with Gasteiger partial charge in [0.25, 0.3) is 0 Å². The molecule has 1 aromatic carbocycles. The Morgan fingerprint density at radius 2 is 1.86 bits per heavy atom. The van der Waals surface area contributed by atoms with Crippen LogP contribution in [0.2, 0.25) is 0 Å². The highest BCUT2D eigenvalue weighted by Crippen LogP contribution is 2.21. The summed E-state index contributed by atoms with van der Waals surface area (Å²) in [4.78, 5) is 14.6. The van der Waals surface area contributed by atoms with Crippen molar-refractivity contribution in [1.82, 2.24) is 19.8 Å². The first-order valence-electron chi connectivity index (χ1n) is 8.83. The first-order chi connectivity index (χ1) is 12.4. The molecule has 3 rings (SSSR count). The number of nitrogens with zero attached hydrogens (tertiary/aromatic N) is 2. The SMILES string of the molecule is CN1CCN(S(=O)(=O)c2ccccc2CNC(=O)C2CC(O)CN2)CC1.Cl.Cl. The molecule has 160 valence electrons. The summed E-state index contributed by atoms with van der Waals surface area (Å²) in [5, 5.41) is 15.2. The van der Waals surface area contributed by atoms with Gasteiger partial charge in [0.1, 0.15) is 0 Å². The number of carbonyl (C=O) groups is 1. The molecule has 28 heavy (non-hydrogen) atoms. The Morgan fingerprint density at radius 3 is 2.46 bits per heavy atom. The highest BCUT2D eigenvalue weighted by Gasteiger charge is 2.30. The molecule has 0 radical (unpaired) electrons. The molecule has 0 saturated carbocycles. The minimum atomic E-state index is -3.59. The molecule has 0 spiro atoms. The van der Waals surface area contributed by atoms with E-state index < -0.39 is 22.2 Å². The lowest BCUT2D eigenvalue weighted by Crippen LogP contribution is -2.47. The highest BCUT2D eigenvalue weighted by atomic mass is 35.5. The number of benzene rings is 1. The maximum Gasteiger partial charge on any atom is 0.243 e. The predicted molar refractivity (Wildman–Crippen MR) is 111 cm³/mol. The van der Waals surface area contributed by atoms with Gasteiger partial charge >= 0.3 is 0 Å². The first-order valence-corrected chi connectivity index (χ1v) is 10.3. The van der Waals surface area contributed by atoms with Crippen molar-refractivity contribution in [2.24, 2.45) is 0 Å². The minimum absolute atomic E-state index is 0. The summed E-state index contributed by atoms with van der Waals surface area (Å²) in [6, 6.07) is 6.34. The number of sulfonamides is 1. The molecule has 11 heteroatoms. The third-order valence-corrected chi connectivity index (χ3v) is 6.93. The standard InChI is InChI=1S/C17H26N4O4S.2ClH/c1-20-6-8-21(9-7-20)26(24,25)16-5-3-2-4-13(16)11-19-17(23)15-10-14(22)12-18-15;;/h2-5,14-15,18,22H,6-12H2,1H3,(H,19,23);2*1H. The van der Waals surface area contributed by atoms with Crippen molar-refractivity contribution in [3.8, 4) is 0 Å². The molecule has 2 atom stereocenters. The smallest absolute Gasteiger partial charge is 0.243 e. The Bertz CT molecular complexity index is 757. The van der Waals surface area contributed by atoms with E-state index in [9.17, 15) is 18.3 Å². The van der Waals surface area contributed by atoms with Crippen molar-refractivity contribution in [2.45, 2.75) is 30.0 Å². The van der Waals surface area contributed by atoms with E-state index >= 15 is 0 Å². The quantitative estimate of drug-likeness (QED) is 0.569. The van der Waals surface area contributed by atoms with Crippen LogP contribution in [0.3, 0.4) is 0 Å². The number of likely N-dealkylation sites (N-methyl/N-ethyl adjacent to an activating group) is 1. The fraction of sp³-hybridized carbons (Fsp3) is 0.588. The number of halogens is 2. The Labute approximate surface area is 178 Å². The van der Waals surface area contributed by atoms with E-state index in [1.165, 1.54) is 4.31 Å². The number of hydrogen-bond donors (Lipinski definition) is 3. The van der Waals surface area contributed by atoms with Crippen molar-refractivity contribution >= 4 is 40.7 Å². The Balaban J connectivity index is 0.00000196. The molecule has 2 saturated heterocycles. The summed E-state index contributed by atoms with van der Waals surface area (Å²) in [6.07, 6.45) is -0.150. The van der Waals surface area contributed by atoms with Crippen LogP contribution >= 0.6 is 24.8 Å². The van der Waals surface area contributed by atoms with E-state index in [-0.39, 0.29) is 42.2 Å². The molecule has 0 aliphatic carbocycles. The third-order valence-electron chi connectivity index (χ3n) is 4.93. The molecular weight excluding hydrogens is 427 g/mol. The van der Waals surface area contributed by atoms with E-state index in [2.05, 4.69) is 15.5 Å². The molecule has 0 aromatic heterocycles. The second-order valence-electron chi connectivity index (χ2n) is 6.88. The lowest BCUT2D eigenvalue weighted by Gasteiger charge is -2.32. The summed E-state index contributed by atoms with van der Waals surface area (Å²) < 4.78 is 27.5. The number of nitrogens with one attached hydrogen (secondary N) is 2. The van der Waals surface area contributed by atoms with Crippen LogP contribution in [-0.4, -0.2) is 80.6 Å². The van der Waals surface area contributed by atoms with Crippen molar-refractivity contribution in [3.05, 3.63) is 29.8 Å². The van der Waals surface area contributed by atoms with Gasteiger partial charge in [-0.2, -0.15) is 4.31 Å². The fourth-order valence-corrected chi connectivity index (χ4v) is 4.94. The van der Waals surface area contributed by atoms with E-state index in [1.54, 1.807) is 24.3 Å². The summed E-state index contributed by atoms with van der Waals surface area (Å²) >= 11 is 0. The van der Waals surface area contributed by atoms with Crippen LogP contribution < -0.4 is 10.6 Å². The molecule has 2 aliphatic heterocycles. The molecule has 2 unspecified atom stereocenters. The van der Waals surface area contributed by atoms with Gasteiger partial charge in [0.05, 0.1) is 17.0 Å². The zero-order valence-electron chi connectivity index (χ0n) is 15.7. The van der Waals surface area contributed by atoms with Gasteiger partial charge in [-0.25, -0.2) is 8.42 Å². The van der Waals surface area contributed by atoms with Crippen LogP contribution in [0.25, 0.3) is 0 Å². The lowest BCUT2D eigenvalue weighted by molar-refractivity contribution is -0.123. The number of β-amino-alcohol motifs (C(OH)–C–C–N with tert-alkyl or cyclic N) is 1. The van der Waals surface area contributed by atoms with E-state index in [0.29, 0.717) is 44.7 Å². The summed E-state index contributed by atoms with van der Waals surface area (Å²) in [6.45, 7) is 2.86. The van der Waals surface area contributed by atoms with E-state index in [4.69, 9.17) is 0 Å². The first kappa shape index (κ1) is 25.1. The molecule has 8 nitrogen and oxygen atoms in total. The highest BCUT2D eigenvalue weighted by molar-refractivity contribution is 7.89. The zero-order chi connectivity index (χ0) is 18.7. The average molecular weight is 455 g/mol. The maximum atomic E-state index is 13.0. The van der Waals surface area contributed by atoms with Gasteiger partial charge in [-0.3, -0.25) is 4.79 Å². The number of aliphatic hydroxyl groups is 1. The van der Waals surface area contributed by atoms with Crippen molar-refractivity contribution < 1.29 is 18.3 Å². The summed E-state index contributed by atoms with van der Waals surface area (Å²) in [5.41, 5.74) is 0.568. The van der Waals surface area contributed by atoms with Crippen LogP contribution in [0.15, 0.2) is 29.2 Å². The summed E-state index contributed by atoms with van der Waals surface area (Å²) in [5.74, 6) is -0.228. The number of amides is 1. The van der Waals surface area contributed by atoms with Gasteiger partial charge < -0.3 is 20.6 Å². The molecule has 1 amide bonds. The second kappa shape index (κ2) is 10.7. The molecule has 2 aliphatic rings. The van der Waals surface area contributed by atoms with Gasteiger partial charge in [0.15, 0.2) is 0 Å². The Morgan fingerprint density at radius 1 is 1.21 bits per heavy atom. The number of hydrogen-bond acceptors (Lipinski definition) is 6. The summed E-state index contributed by atoms with van der Waals surface area (Å²) in [7, 11) is -1.62. The van der Waals surface area contributed by atoms with Crippen LogP contribution in [-0.2, 0) is 21.4 Å². The monoisotopic (exact) mass is 454 g/mol. The van der Waals surface area contributed by atoms with Crippen LogP contribution in [0.5, 0.6) is 0 Å². The Kier molecular flexibility index (Phi) is 9.61. The van der Waals surface area contributed by atoms with Crippen molar-refractivity contribution in [3.63, 3.8) is 0 Å². The van der Waals surface area contributed by atoms with Gasteiger partial charge in [-0.1, -0.05) is 18.2 Å². The van der Waals surface area contributed by atoms with Crippen molar-refractivity contribution in [2.75, 3.05) is 39.8 Å². The minimum Gasteiger partial charge on any atom is -0.392 e. The number of aliphatic hydroxyl groups excluding tert-OH is 1. The second-order valence-corrected chi connectivity index (χ2v) is 8.79.